The monoisotopic (exact) mass is 249 g/mol. The minimum absolute atomic E-state index is 0.266. The molecule has 1 N–H and O–H groups in total. The maximum atomic E-state index is 11.3. The van der Waals surface area contributed by atoms with E-state index in [9.17, 15) is 8.42 Å². The Morgan fingerprint density at radius 3 is 2.31 bits per heavy atom. The number of hydrogen-bond acceptors (Lipinski definition) is 3. The Bertz CT molecular complexity index is 262. The quantitative estimate of drug-likeness (QED) is 0.681. The van der Waals surface area contributed by atoms with Crippen LogP contribution in [0.4, 0.5) is 0 Å². The zero-order valence-corrected chi connectivity index (χ0v) is 11.9. The summed E-state index contributed by atoms with van der Waals surface area (Å²) < 4.78 is 22.7. The maximum absolute atomic E-state index is 11.3. The van der Waals surface area contributed by atoms with E-state index in [2.05, 4.69) is 19.2 Å². The molecule has 0 radical (unpaired) electrons. The van der Waals surface area contributed by atoms with Crippen molar-refractivity contribution in [2.24, 2.45) is 5.92 Å². The molecule has 0 aliphatic rings. The highest BCUT2D eigenvalue weighted by atomic mass is 32.2. The second kappa shape index (κ2) is 8.07. The predicted octanol–water partition coefficient (Wildman–Crippen LogP) is 2.23. The third-order valence-electron chi connectivity index (χ3n) is 3.24. The largest absolute Gasteiger partial charge is 0.317 e. The lowest BCUT2D eigenvalue weighted by atomic mass is 9.97. The molecule has 0 bridgehead atoms. The van der Waals surface area contributed by atoms with Crippen molar-refractivity contribution >= 4 is 9.84 Å². The fraction of sp³-hybridized carbons (Fsp3) is 1.00. The first kappa shape index (κ1) is 15.9. The highest BCUT2D eigenvalue weighted by Gasteiger charge is 2.12. The van der Waals surface area contributed by atoms with E-state index >= 15 is 0 Å². The molecule has 0 amide bonds. The third-order valence-corrected chi connectivity index (χ3v) is 5.03. The minimum atomic E-state index is -2.79. The van der Waals surface area contributed by atoms with Crippen molar-refractivity contribution in [2.75, 3.05) is 18.6 Å². The first-order chi connectivity index (χ1) is 7.45. The summed E-state index contributed by atoms with van der Waals surface area (Å²) in [6.07, 6.45) is 4.06. The zero-order valence-electron chi connectivity index (χ0n) is 11.1. The van der Waals surface area contributed by atoms with Gasteiger partial charge in [-0.3, -0.25) is 0 Å². The molecule has 2 atom stereocenters. The van der Waals surface area contributed by atoms with Crippen LogP contribution in [0.25, 0.3) is 0 Å². The molecule has 0 spiro atoms. The number of nitrogens with one attached hydrogen (secondary N) is 1. The van der Waals surface area contributed by atoms with Crippen LogP contribution in [0.1, 0.15) is 46.5 Å². The van der Waals surface area contributed by atoms with Gasteiger partial charge in [0.05, 0.1) is 5.75 Å². The molecule has 0 saturated carbocycles. The van der Waals surface area contributed by atoms with Gasteiger partial charge in [-0.15, -0.1) is 0 Å². The van der Waals surface area contributed by atoms with E-state index in [4.69, 9.17) is 0 Å². The van der Waals surface area contributed by atoms with Crippen molar-refractivity contribution in [1.29, 1.82) is 0 Å². The van der Waals surface area contributed by atoms with Crippen LogP contribution in [0.15, 0.2) is 0 Å². The molecule has 4 heteroatoms. The van der Waals surface area contributed by atoms with Crippen molar-refractivity contribution < 1.29 is 8.42 Å². The number of sulfone groups is 1. The summed E-state index contributed by atoms with van der Waals surface area (Å²) in [6, 6.07) is 0.460. The molecule has 0 fully saturated rings. The summed E-state index contributed by atoms with van der Waals surface area (Å²) in [6.45, 7) is 6.15. The van der Waals surface area contributed by atoms with Gasteiger partial charge in [-0.2, -0.15) is 0 Å². The van der Waals surface area contributed by atoms with E-state index < -0.39 is 9.84 Å². The summed E-state index contributed by atoms with van der Waals surface area (Å²) in [5, 5.41) is 3.28. The van der Waals surface area contributed by atoms with E-state index in [0.717, 1.165) is 19.3 Å². The van der Waals surface area contributed by atoms with Crippen molar-refractivity contribution in [3.8, 4) is 0 Å². The smallest absolute Gasteiger partial charge is 0.150 e. The molecule has 2 unspecified atom stereocenters. The summed E-state index contributed by atoms with van der Waals surface area (Å²) in [5.74, 6) is 1.31. The lowest BCUT2D eigenvalue weighted by Crippen LogP contribution is -2.28. The van der Waals surface area contributed by atoms with Crippen molar-refractivity contribution in [3.63, 3.8) is 0 Å². The third kappa shape index (κ3) is 7.23. The van der Waals surface area contributed by atoms with Crippen molar-refractivity contribution in [2.45, 2.75) is 52.5 Å². The molecule has 0 aromatic rings. The molecule has 3 nitrogen and oxygen atoms in total. The number of rotatable bonds is 9. The average Bonchev–Trinajstić information content (AvgIpc) is 2.27. The van der Waals surface area contributed by atoms with Gasteiger partial charge < -0.3 is 5.32 Å². The standard InChI is InChI=1S/C12H27NO2S/c1-5-11(3)10-12(13-4)8-7-9-16(14,15)6-2/h11-13H,5-10H2,1-4H3. The van der Waals surface area contributed by atoms with Crippen LogP contribution in [0.2, 0.25) is 0 Å². The molecule has 0 rings (SSSR count). The summed E-state index contributed by atoms with van der Waals surface area (Å²) in [7, 11) is -0.826. The lowest BCUT2D eigenvalue weighted by molar-refractivity contribution is 0.393. The average molecular weight is 249 g/mol. The topological polar surface area (TPSA) is 46.2 Å². The molecule has 0 aliphatic carbocycles. The Morgan fingerprint density at radius 2 is 1.88 bits per heavy atom. The Hall–Kier alpha value is -0.0900. The number of hydrogen-bond donors (Lipinski definition) is 1. The molecule has 0 heterocycles. The maximum Gasteiger partial charge on any atom is 0.150 e. The van der Waals surface area contributed by atoms with E-state index in [1.54, 1.807) is 6.92 Å². The van der Waals surface area contributed by atoms with Crippen LogP contribution in [-0.2, 0) is 9.84 Å². The molecule has 16 heavy (non-hydrogen) atoms. The SMILES string of the molecule is CCC(C)CC(CCCS(=O)(=O)CC)NC. The first-order valence-electron chi connectivity index (χ1n) is 6.32. The summed E-state index contributed by atoms with van der Waals surface area (Å²) in [5.41, 5.74) is 0. The van der Waals surface area contributed by atoms with Crippen molar-refractivity contribution in [3.05, 3.63) is 0 Å². The van der Waals surface area contributed by atoms with E-state index in [0.29, 0.717) is 17.7 Å². The van der Waals surface area contributed by atoms with Gasteiger partial charge >= 0.3 is 0 Å². The molecular weight excluding hydrogens is 222 g/mol. The zero-order chi connectivity index (χ0) is 12.6. The second-order valence-electron chi connectivity index (χ2n) is 4.61. The van der Waals surface area contributed by atoms with Gasteiger partial charge in [0.1, 0.15) is 9.84 Å². The van der Waals surface area contributed by atoms with Crippen LogP contribution in [0.3, 0.4) is 0 Å². The molecule has 98 valence electrons. The van der Waals surface area contributed by atoms with Crippen LogP contribution >= 0.6 is 0 Å². The molecule has 0 saturated heterocycles. The highest BCUT2D eigenvalue weighted by molar-refractivity contribution is 7.91. The van der Waals surface area contributed by atoms with Gasteiger partial charge in [-0.1, -0.05) is 27.2 Å². The van der Waals surface area contributed by atoms with Gasteiger partial charge in [-0.05, 0) is 32.2 Å². The van der Waals surface area contributed by atoms with Crippen molar-refractivity contribution in [1.82, 2.24) is 5.32 Å². The Kier molecular flexibility index (Phi) is 8.02. The second-order valence-corrected chi connectivity index (χ2v) is 7.09. The predicted molar refractivity (Wildman–Crippen MR) is 70.5 cm³/mol. The van der Waals surface area contributed by atoms with Crippen LogP contribution in [-0.4, -0.2) is 33.0 Å². The van der Waals surface area contributed by atoms with Crippen LogP contribution < -0.4 is 5.32 Å². The van der Waals surface area contributed by atoms with Crippen LogP contribution in [0, 0.1) is 5.92 Å². The van der Waals surface area contributed by atoms with E-state index in [1.807, 2.05) is 7.05 Å². The fourth-order valence-corrected chi connectivity index (χ4v) is 2.62. The van der Waals surface area contributed by atoms with Gasteiger partial charge in [-0.25, -0.2) is 8.42 Å². The first-order valence-corrected chi connectivity index (χ1v) is 8.15. The Morgan fingerprint density at radius 1 is 1.25 bits per heavy atom. The molecule has 0 aliphatic heterocycles. The highest BCUT2D eigenvalue weighted by Crippen LogP contribution is 2.13. The minimum Gasteiger partial charge on any atom is -0.317 e. The van der Waals surface area contributed by atoms with E-state index in [-0.39, 0.29) is 5.75 Å². The van der Waals surface area contributed by atoms with Gasteiger partial charge in [0, 0.05) is 11.8 Å². The molecule has 0 aromatic heterocycles. The Balaban J connectivity index is 3.88. The van der Waals surface area contributed by atoms with Gasteiger partial charge in [0.15, 0.2) is 0 Å². The van der Waals surface area contributed by atoms with Crippen LogP contribution in [0.5, 0.6) is 0 Å². The summed E-state index contributed by atoms with van der Waals surface area (Å²) >= 11 is 0. The van der Waals surface area contributed by atoms with E-state index in [1.165, 1.54) is 6.42 Å². The summed E-state index contributed by atoms with van der Waals surface area (Å²) in [4.78, 5) is 0. The molecule has 0 aromatic carbocycles. The normalized spacial score (nSPS) is 16.0. The lowest BCUT2D eigenvalue weighted by Gasteiger charge is -2.19. The fourth-order valence-electron chi connectivity index (χ4n) is 1.73. The molecular formula is C12H27NO2S. The van der Waals surface area contributed by atoms with Gasteiger partial charge in [0.25, 0.3) is 0 Å². The Labute approximate surface area is 101 Å². The van der Waals surface area contributed by atoms with Gasteiger partial charge in [0.2, 0.25) is 0 Å².